The molecule has 5 rings (SSSR count). The lowest BCUT2D eigenvalue weighted by Gasteiger charge is -2.54. The van der Waals surface area contributed by atoms with Crippen molar-refractivity contribution in [2.24, 2.45) is 45.1 Å². The van der Waals surface area contributed by atoms with E-state index in [1.165, 1.54) is 0 Å². The van der Waals surface area contributed by atoms with Crippen molar-refractivity contribution in [3.05, 3.63) is 44.9 Å². The number of hydrogen-bond donors (Lipinski definition) is 8. The molecule has 200 valence electrons. The van der Waals surface area contributed by atoms with Crippen molar-refractivity contribution in [1.82, 2.24) is 31.2 Å². The lowest BCUT2D eigenvalue weighted by atomic mass is 9.51. The minimum atomic E-state index is -0.891. The zero-order valence-electron chi connectivity index (χ0n) is 19.6. The SMILES string of the molecule is NC1=NC(C2C(CNC(=O)c3cc(Br)c[nH]3)C(CNC(=O)c3cc(Br)c[nH]3)C2C2N=C(N)NC2=O)C(=O)N1. The molecule has 2 aliphatic heterocycles. The quantitative estimate of drug-likeness (QED) is 0.181. The van der Waals surface area contributed by atoms with Gasteiger partial charge in [-0.25, -0.2) is 9.98 Å². The molecule has 6 unspecified atom stereocenters. The van der Waals surface area contributed by atoms with Crippen molar-refractivity contribution < 1.29 is 19.2 Å². The van der Waals surface area contributed by atoms with Gasteiger partial charge in [0.15, 0.2) is 11.9 Å². The van der Waals surface area contributed by atoms with Crippen LogP contribution in [0.25, 0.3) is 0 Å². The summed E-state index contributed by atoms with van der Waals surface area (Å²) in [6, 6.07) is 1.49. The summed E-state index contributed by atoms with van der Waals surface area (Å²) in [7, 11) is 0. The minimum Gasteiger partial charge on any atom is -0.370 e. The molecule has 1 saturated carbocycles. The molecule has 14 nitrogen and oxygen atoms in total. The number of aliphatic imine (C=N–C) groups is 2. The fraction of sp³-hybridized carbons (Fsp3) is 0.364. The molecule has 0 aromatic carbocycles. The van der Waals surface area contributed by atoms with E-state index >= 15 is 0 Å². The first-order valence-electron chi connectivity index (χ1n) is 11.6. The second-order valence-corrected chi connectivity index (χ2v) is 11.1. The van der Waals surface area contributed by atoms with Gasteiger partial charge in [-0.2, -0.15) is 0 Å². The zero-order chi connectivity index (χ0) is 27.1. The number of guanidine groups is 2. The third kappa shape index (κ3) is 4.92. The van der Waals surface area contributed by atoms with Gasteiger partial charge in [-0.15, -0.1) is 0 Å². The first-order chi connectivity index (χ1) is 18.1. The molecule has 1 fully saturated rings. The molecule has 2 aromatic rings. The van der Waals surface area contributed by atoms with Gasteiger partial charge < -0.3 is 32.1 Å². The van der Waals surface area contributed by atoms with E-state index in [4.69, 9.17) is 11.5 Å². The molecule has 4 heterocycles. The summed E-state index contributed by atoms with van der Waals surface area (Å²) in [5.74, 6) is -3.30. The highest BCUT2D eigenvalue weighted by molar-refractivity contribution is 9.10. The predicted molar refractivity (Wildman–Crippen MR) is 143 cm³/mol. The Morgan fingerprint density at radius 2 is 1.18 bits per heavy atom. The van der Waals surface area contributed by atoms with Gasteiger partial charge >= 0.3 is 0 Å². The Morgan fingerprint density at radius 3 is 1.47 bits per heavy atom. The van der Waals surface area contributed by atoms with Crippen LogP contribution in [0.2, 0.25) is 0 Å². The summed E-state index contributed by atoms with van der Waals surface area (Å²) < 4.78 is 1.44. The summed E-state index contributed by atoms with van der Waals surface area (Å²) in [6.07, 6.45) is 3.27. The van der Waals surface area contributed by atoms with E-state index < -0.39 is 35.7 Å². The molecule has 0 spiro atoms. The standard InChI is InChI=1S/C22H24Br2N10O4/c23-7-1-11(27-3-7)17(35)29-5-9-10(6-30-18(36)12-2-8(24)4-28-12)14(16-20(38)34-22(26)32-16)13(9)15-19(37)33-21(25)31-15/h1-4,9-10,13-16,27-28H,5-6H2,(H,29,35)(H,30,36)(H3,25,31,33,37)(H3,26,32,34,38). The van der Waals surface area contributed by atoms with Crippen LogP contribution in [-0.2, 0) is 9.59 Å². The average molecular weight is 652 g/mol. The van der Waals surface area contributed by atoms with Crippen molar-refractivity contribution in [1.29, 1.82) is 0 Å². The van der Waals surface area contributed by atoms with Crippen LogP contribution < -0.4 is 32.7 Å². The number of rotatable bonds is 8. The minimum absolute atomic E-state index is 0.0225. The van der Waals surface area contributed by atoms with E-state index in [0.717, 1.165) is 8.95 Å². The van der Waals surface area contributed by atoms with Gasteiger partial charge in [-0.05, 0) is 55.8 Å². The molecule has 0 bridgehead atoms. The fourth-order valence-electron chi connectivity index (χ4n) is 5.47. The zero-order valence-corrected chi connectivity index (χ0v) is 22.8. The molecule has 0 saturated heterocycles. The van der Waals surface area contributed by atoms with Crippen LogP contribution in [0.5, 0.6) is 0 Å². The maximum atomic E-state index is 12.8. The highest BCUT2D eigenvalue weighted by Gasteiger charge is 2.60. The Balaban J connectivity index is 1.42. The number of nitrogens with zero attached hydrogens (tertiary/aromatic N) is 2. The van der Waals surface area contributed by atoms with Crippen LogP contribution >= 0.6 is 31.9 Å². The highest BCUT2D eigenvalue weighted by atomic mass is 79.9. The maximum absolute atomic E-state index is 12.8. The number of halogens is 2. The van der Waals surface area contributed by atoms with E-state index in [2.05, 4.69) is 73.1 Å². The number of nitrogens with two attached hydrogens (primary N) is 2. The van der Waals surface area contributed by atoms with Crippen molar-refractivity contribution in [2.75, 3.05) is 13.1 Å². The summed E-state index contributed by atoms with van der Waals surface area (Å²) in [5, 5.41) is 10.8. The van der Waals surface area contributed by atoms with E-state index in [1.54, 1.807) is 24.5 Å². The topological polar surface area (TPSA) is 225 Å². The van der Waals surface area contributed by atoms with Crippen LogP contribution in [0.3, 0.4) is 0 Å². The first-order valence-corrected chi connectivity index (χ1v) is 13.2. The third-order valence-corrected chi connectivity index (χ3v) is 8.01. The monoisotopic (exact) mass is 650 g/mol. The van der Waals surface area contributed by atoms with E-state index in [0.29, 0.717) is 11.4 Å². The summed E-state index contributed by atoms with van der Waals surface area (Å²) in [6.45, 7) is 0.302. The normalized spacial score (nSPS) is 28.2. The number of aromatic amines is 2. The van der Waals surface area contributed by atoms with Crippen LogP contribution in [0.1, 0.15) is 21.0 Å². The molecule has 1 aliphatic carbocycles. The van der Waals surface area contributed by atoms with Gasteiger partial charge in [0.05, 0.1) is 0 Å². The van der Waals surface area contributed by atoms with Crippen molar-refractivity contribution in [3.8, 4) is 0 Å². The number of nitrogens with one attached hydrogen (secondary N) is 6. The predicted octanol–water partition coefficient (Wildman–Crippen LogP) is -0.868. The number of amides is 4. The highest BCUT2D eigenvalue weighted by Crippen LogP contribution is 2.51. The van der Waals surface area contributed by atoms with E-state index in [-0.39, 0.29) is 48.7 Å². The van der Waals surface area contributed by atoms with Crippen molar-refractivity contribution >= 4 is 67.4 Å². The summed E-state index contributed by atoms with van der Waals surface area (Å²) in [4.78, 5) is 65.3. The van der Waals surface area contributed by atoms with Crippen LogP contribution in [0.4, 0.5) is 0 Å². The Hall–Kier alpha value is -3.66. The number of H-pyrrole nitrogens is 2. The molecule has 10 N–H and O–H groups in total. The molecule has 2 aromatic heterocycles. The van der Waals surface area contributed by atoms with Crippen molar-refractivity contribution in [2.45, 2.75) is 12.1 Å². The van der Waals surface area contributed by atoms with Gasteiger partial charge in [0.1, 0.15) is 23.5 Å². The lowest BCUT2D eigenvalue weighted by Crippen LogP contribution is -2.64. The second-order valence-electron chi connectivity index (χ2n) is 9.26. The van der Waals surface area contributed by atoms with Crippen molar-refractivity contribution in [3.63, 3.8) is 0 Å². The maximum Gasteiger partial charge on any atom is 0.267 e. The molecular weight excluding hydrogens is 628 g/mol. The molecule has 3 aliphatic rings. The fourth-order valence-corrected chi connectivity index (χ4v) is 6.16. The molecular formula is C22H24Br2N10O4. The summed E-state index contributed by atoms with van der Waals surface area (Å²) in [5.41, 5.74) is 12.2. The van der Waals surface area contributed by atoms with E-state index in [9.17, 15) is 19.2 Å². The molecule has 6 atom stereocenters. The second kappa shape index (κ2) is 10.2. The Labute approximate surface area is 232 Å². The Morgan fingerprint density at radius 1 is 0.789 bits per heavy atom. The molecule has 38 heavy (non-hydrogen) atoms. The van der Waals surface area contributed by atoms with Gasteiger partial charge in [0.2, 0.25) is 0 Å². The molecule has 16 heteroatoms. The summed E-state index contributed by atoms with van der Waals surface area (Å²) >= 11 is 6.61. The number of carbonyl (C=O) groups excluding carboxylic acids is 4. The molecule has 0 radical (unpaired) electrons. The number of carbonyl (C=O) groups is 4. The van der Waals surface area contributed by atoms with Gasteiger partial charge in [0, 0.05) is 46.3 Å². The van der Waals surface area contributed by atoms with Crippen LogP contribution in [0, 0.1) is 23.7 Å². The van der Waals surface area contributed by atoms with Gasteiger partial charge in [-0.3, -0.25) is 29.8 Å². The Bertz CT molecular complexity index is 1270. The number of aromatic nitrogens is 2. The first kappa shape index (κ1) is 26.0. The Kier molecular flexibility index (Phi) is 7.00. The van der Waals surface area contributed by atoms with E-state index in [1.807, 2.05) is 0 Å². The number of hydrogen-bond acceptors (Lipinski definition) is 8. The van der Waals surface area contributed by atoms with Crippen LogP contribution in [0.15, 0.2) is 43.5 Å². The van der Waals surface area contributed by atoms with Crippen LogP contribution in [-0.4, -0.2) is 70.7 Å². The average Bonchev–Trinajstić information content (AvgIpc) is 3.62. The largest absolute Gasteiger partial charge is 0.370 e. The smallest absolute Gasteiger partial charge is 0.267 e. The lowest BCUT2D eigenvalue weighted by molar-refractivity contribution is -0.134. The van der Waals surface area contributed by atoms with Gasteiger partial charge in [0.25, 0.3) is 23.6 Å². The molecule has 4 amide bonds. The third-order valence-electron chi connectivity index (χ3n) is 7.09. The van der Waals surface area contributed by atoms with Gasteiger partial charge in [-0.1, -0.05) is 0 Å².